The van der Waals surface area contributed by atoms with Crippen LogP contribution >= 0.6 is 0 Å². The van der Waals surface area contributed by atoms with Gasteiger partial charge in [-0.05, 0) is 41.7 Å². The Balaban J connectivity index is 1.30. The van der Waals surface area contributed by atoms with Gasteiger partial charge in [0.25, 0.3) is 0 Å². The van der Waals surface area contributed by atoms with Crippen LogP contribution in [-0.4, -0.2) is 60.2 Å². The van der Waals surface area contributed by atoms with Crippen LogP contribution in [0.2, 0.25) is 0 Å². The van der Waals surface area contributed by atoms with Crippen molar-refractivity contribution >= 4 is 28.3 Å². The number of morpholine rings is 1. The van der Waals surface area contributed by atoms with Crippen LogP contribution in [0, 0.1) is 6.92 Å². The summed E-state index contributed by atoms with van der Waals surface area (Å²) in [4.78, 5) is 15.5. The van der Waals surface area contributed by atoms with E-state index in [2.05, 4.69) is 59.6 Å². The van der Waals surface area contributed by atoms with Gasteiger partial charge in [-0.25, -0.2) is 9.48 Å². The molecule has 3 aromatic carbocycles. The van der Waals surface area contributed by atoms with E-state index in [9.17, 15) is 4.79 Å². The van der Waals surface area contributed by atoms with Gasteiger partial charge in [-0.2, -0.15) is 5.10 Å². The first-order valence-corrected chi connectivity index (χ1v) is 13.5. The lowest BCUT2D eigenvalue weighted by Gasteiger charge is -2.26. The second-order valence-corrected chi connectivity index (χ2v) is 10.9. The van der Waals surface area contributed by atoms with Crippen LogP contribution in [0.25, 0.3) is 16.5 Å². The number of carbonyl (C=O) groups is 1. The molecule has 0 radical (unpaired) electrons. The summed E-state index contributed by atoms with van der Waals surface area (Å²) in [7, 11) is 0. The maximum Gasteiger partial charge on any atom is 0.324 e. The van der Waals surface area contributed by atoms with Gasteiger partial charge >= 0.3 is 6.03 Å². The average molecular weight is 528 g/mol. The standard InChI is InChI=1S/C31H37N5O3/c1-22-9-10-23(31(2,3)4)21-27(22)36-29(13-14-32-36)34-30(37)33-26-11-12-28(25-8-6-5-7-24(25)26)39-20-17-35-15-18-38-19-16-35/h5-14,21H,15-20H2,1-4H3,(H2,33,34,37). The summed E-state index contributed by atoms with van der Waals surface area (Å²) in [6, 6.07) is 19.6. The van der Waals surface area contributed by atoms with E-state index in [1.807, 2.05) is 43.3 Å². The van der Waals surface area contributed by atoms with E-state index in [-0.39, 0.29) is 11.4 Å². The fraction of sp³-hybridized carbons (Fsp3) is 0.355. The number of amides is 2. The first-order valence-electron chi connectivity index (χ1n) is 13.5. The molecule has 2 amide bonds. The number of nitrogens with zero attached hydrogens (tertiary/aromatic N) is 3. The number of hydrogen-bond acceptors (Lipinski definition) is 5. The Kier molecular flexibility index (Phi) is 7.86. The van der Waals surface area contributed by atoms with Gasteiger partial charge in [-0.1, -0.05) is 57.2 Å². The Hall–Kier alpha value is -3.88. The number of aromatic nitrogens is 2. The van der Waals surface area contributed by atoms with E-state index >= 15 is 0 Å². The third kappa shape index (κ3) is 6.24. The summed E-state index contributed by atoms with van der Waals surface area (Å²) in [6.45, 7) is 13.5. The number of carbonyl (C=O) groups excluding carboxylic acids is 1. The number of anilines is 2. The molecule has 0 spiro atoms. The topological polar surface area (TPSA) is 80.7 Å². The number of hydrogen-bond donors (Lipinski definition) is 2. The van der Waals surface area contributed by atoms with Gasteiger partial charge in [-0.3, -0.25) is 10.2 Å². The number of nitrogens with one attached hydrogen (secondary N) is 2. The molecule has 2 heterocycles. The summed E-state index contributed by atoms with van der Waals surface area (Å²) in [5.74, 6) is 1.39. The highest BCUT2D eigenvalue weighted by atomic mass is 16.5. The minimum absolute atomic E-state index is 0.0000100. The molecule has 0 atom stereocenters. The molecule has 0 unspecified atom stereocenters. The van der Waals surface area contributed by atoms with Gasteiger partial charge < -0.3 is 14.8 Å². The minimum atomic E-state index is -0.340. The normalized spacial score (nSPS) is 14.4. The van der Waals surface area contributed by atoms with Crippen molar-refractivity contribution in [3.63, 3.8) is 0 Å². The van der Waals surface area contributed by atoms with E-state index in [0.29, 0.717) is 18.1 Å². The Morgan fingerprint density at radius 3 is 2.54 bits per heavy atom. The van der Waals surface area contributed by atoms with Crippen molar-refractivity contribution in [2.24, 2.45) is 0 Å². The van der Waals surface area contributed by atoms with Gasteiger partial charge in [0.1, 0.15) is 18.2 Å². The van der Waals surface area contributed by atoms with Crippen LogP contribution in [0.4, 0.5) is 16.3 Å². The molecule has 1 fully saturated rings. The molecule has 1 aromatic heterocycles. The molecular formula is C31H37N5O3. The summed E-state index contributed by atoms with van der Waals surface area (Å²) in [5, 5.41) is 12.4. The largest absolute Gasteiger partial charge is 0.492 e. The number of urea groups is 1. The molecule has 1 aliphatic rings. The van der Waals surface area contributed by atoms with Crippen LogP contribution in [0.15, 0.2) is 66.9 Å². The molecule has 1 aliphatic heterocycles. The number of ether oxygens (including phenoxy) is 2. The predicted molar refractivity (Wildman–Crippen MR) is 156 cm³/mol. The number of benzene rings is 3. The van der Waals surface area contributed by atoms with Crippen molar-refractivity contribution < 1.29 is 14.3 Å². The molecule has 0 bridgehead atoms. The molecule has 2 N–H and O–H groups in total. The van der Waals surface area contributed by atoms with Crippen molar-refractivity contribution in [3.05, 3.63) is 78.0 Å². The van der Waals surface area contributed by atoms with Crippen molar-refractivity contribution in [1.29, 1.82) is 0 Å². The SMILES string of the molecule is Cc1ccc(C(C)(C)C)cc1-n1nccc1NC(=O)Nc1ccc(OCCN2CCOCC2)c2ccccc12. The zero-order chi connectivity index (χ0) is 27.4. The van der Waals surface area contributed by atoms with Crippen molar-refractivity contribution in [1.82, 2.24) is 14.7 Å². The number of fused-ring (bicyclic) bond motifs is 1. The second-order valence-electron chi connectivity index (χ2n) is 10.9. The highest BCUT2D eigenvalue weighted by molar-refractivity contribution is 6.07. The summed E-state index contributed by atoms with van der Waals surface area (Å²) >= 11 is 0. The third-order valence-electron chi connectivity index (χ3n) is 7.09. The Bertz CT molecular complexity index is 1450. The Morgan fingerprint density at radius 1 is 1.00 bits per heavy atom. The zero-order valence-electron chi connectivity index (χ0n) is 23.2. The summed E-state index contributed by atoms with van der Waals surface area (Å²) in [5.41, 5.74) is 3.92. The van der Waals surface area contributed by atoms with Crippen LogP contribution in [-0.2, 0) is 10.2 Å². The highest BCUT2D eigenvalue weighted by Gasteiger charge is 2.18. The van der Waals surface area contributed by atoms with Crippen LogP contribution in [0.1, 0.15) is 31.9 Å². The quantitative estimate of drug-likeness (QED) is 0.309. The van der Waals surface area contributed by atoms with Crippen LogP contribution in [0.5, 0.6) is 5.75 Å². The first-order chi connectivity index (χ1) is 18.8. The van der Waals surface area contributed by atoms with Gasteiger partial charge in [0, 0.05) is 36.5 Å². The van der Waals surface area contributed by atoms with Crippen molar-refractivity contribution in [2.45, 2.75) is 33.1 Å². The van der Waals surface area contributed by atoms with Crippen LogP contribution < -0.4 is 15.4 Å². The van der Waals surface area contributed by atoms with E-state index in [4.69, 9.17) is 9.47 Å². The van der Waals surface area contributed by atoms with Gasteiger partial charge in [0.2, 0.25) is 0 Å². The van der Waals surface area contributed by atoms with E-state index < -0.39 is 0 Å². The molecule has 39 heavy (non-hydrogen) atoms. The molecule has 8 nitrogen and oxygen atoms in total. The molecule has 204 valence electrons. The van der Waals surface area contributed by atoms with E-state index in [1.165, 1.54) is 5.56 Å². The lowest BCUT2D eigenvalue weighted by atomic mass is 9.86. The average Bonchev–Trinajstić information content (AvgIpc) is 3.37. The molecule has 0 saturated carbocycles. The summed E-state index contributed by atoms with van der Waals surface area (Å²) < 4.78 is 13.3. The number of aryl methyl sites for hydroxylation is 1. The molecule has 8 heteroatoms. The lowest BCUT2D eigenvalue weighted by Crippen LogP contribution is -2.38. The monoisotopic (exact) mass is 527 g/mol. The summed E-state index contributed by atoms with van der Waals surface area (Å²) in [6.07, 6.45) is 1.69. The third-order valence-corrected chi connectivity index (χ3v) is 7.09. The molecule has 1 saturated heterocycles. The lowest BCUT2D eigenvalue weighted by molar-refractivity contribution is 0.0323. The minimum Gasteiger partial charge on any atom is -0.492 e. The zero-order valence-corrected chi connectivity index (χ0v) is 23.2. The Labute approximate surface area is 229 Å². The molecular weight excluding hydrogens is 490 g/mol. The maximum atomic E-state index is 13.1. The van der Waals surface area contributed by atoms with Crippen molar-refractivity contribution in [2.75, 3.05) is 50.1 Å². The predicted octanol–water partition coefficient (Wildman–Crippen LogP) is 5.99. The fourth-order valence-corrected chi connectivity index (χ4v) is 4.78. The van der Waals surface area contributed by atoms with Crippen LogP contribution in [0.3, 0.4) is 0 Å². The second kappa shape index (κ2) is 11.5. The fourth-order valence-electron chi connectivity index (χ4n) is 4.78. The maximum absolute atomic E-state index is 13.1. The molecule has 0 aliphatic carbocycles. The van der Waals surface area contributed by atoms with Gasteiger partial charge in [-0.15, -0.1) is 0 Å². The van der Waals surface area contributed by atoms with Gasteiger partial charge in [0.05, 0.1) is 30.8 Å². The van der Waals surface area contributed by atoms with Crippen molar-refractivity contribution in [3.8, 4) is 11.4 Å². The highest BCUT2D eigenvalue weighted by Crippen LogP contribution is 2.32. The Morgan fingerprint density at radius 2 is 1.77 bits per heavy atom. The molecule has 5 rings (SSSR count). The van der Waals surface area contributed by atoms with Gasteiger partial charge in [0.15, 0.2) is 0 Å². The molecule has 4 aromatic rings. The van der Waals surface area contributed by atoms with E-state index in [1.54, 1.807) is 16.9 Å². The van der Waals surface area contributed by atoms with E-state index in [0.717, 1.165) is 60.6 Å². The smallest absolute Gasteiger partial charge is 0.324 e. The number of rotatable bonds is 7. The first kappa shape index (κ1) is 26.7.